The fourth-order valence-electron chi connectivity index (χ4n) is 1.31. The maximum atomic E-state index is 9.53. The van der Waals surface area contributed by atoms with E-state index in [1.165, 1.54) is 0 Å². The lowest BCUT2D eigenvalue weighted by Gasteiger charge is -2.44. The third-order valence-electron chi connectivity index (χ3n) is 2.31. The van der Waals surface area contributed by atoms with Crippen molar-refractivity contribution in [3.8, 4) is 0 Å². The lowest BCUT2D eigenvalue weighted by atomic mass is 9.86. The molecule has 6 nitrogen and oxygen atoms in total. The standard InChI is InChI=1S/C7H14O6/c1-7(12)4(9)3(2-8)13-6(11)5(7)10/h3-6,8-12H,2H2,1H3/t3-,4-,5+,6-,7-/m1/s1. The number of hydrogen-bond donors (Lipinski definition) is 5. The average molecular weight is 194 g/mol. The number of ether oxygens (including phenoxy) is 1. The molecule has 0 aromatic rings. The molecule has 78 valence electrons. The van der Waals surface area contributed by atoms with Crippen LogP contribution in [0.15, 0.2) is 0 Å². The fraction of sp³-hybridized carbons (Fsp3) is 1.00. The maximum absolute atomic E-state index is 9.53. The first kappa shape index (κ1) is 10.8. The Morgan fingerprint density at radius 2 is 1.77 bits per heavy atom. The first-order chi connectivity index (χ1) is 5.91. The average Bonchev–Trinajstić information content (AvgIpc) is 2.09. The number of rotatable bonds is 1. The largest absolute Gasteiger partial charge is 0.394 e. The Morgan fingerprint density at radius 1 is 1.23 bits per heavy atom. The second kappa shape index (κ2) is 3.49. The van der Waals surface area contributed by atoms with Gasteiger partial charge in [0, 0.05) is 0 Å². The van der Waals surface area contributed by atoms with Gasteiger partial charge < -0.3 is 30.3 Å². The van der Waals surface area contributed by atoms with Crippen LogP contribution in [0.2, 0.25) is 0 Å². The molecule has 1 fully saturated rings. The summed E-state index contributed by atoms with van der Waals surface area (Å²) in [6.07, 6.45) is -5.72. The van der Waals surface area contributed by atoms with Gasteiger partial charge in [-0.05, 0) is 6.92 Å². The molecule has 6 heteroatoms. The van der Waals surface area contributed by atoms with Gasteiger partial charge in [-0.25, -0.2) is 0 Å². The second-order valence-corrected chi connectivity index (χ2v) is 3.36. The van der Waals surface area contributed by atoms with E-state index >= 15 is 0 Å². The summed E-state index contributed by atoms with van der Waals surface area (Å²) < 4.78 is 4.64. The topological polar surface area (TPSA) is 110 Å². The highest BCUT2D eigenvalue weighted by Gasteiger charge is 2.51. The van der Waals surface area contributed by atoms with Crippen LogP contribution in [0.4, 0.5) is 0 Å². The van der Waals surface area contributed by atoms with Gasteiger partial charge in [0.15, 0.2) is 6.29 Å². The molecule has 0 unspecified atom stereocenters. The summed E-state index contributed by atoms with van der Waals surface area (Å²) in [5.74, 6) is 0. The molecule has 1 heterocycles. The molecular formula is C7H14O6. The first-order valence-electron chi connectivity index (χ1n) is 3.94. The third-order valence-corrected chi connectivity index (χ3v) is 2.31. The molecule has 1 aliphatic heterocycles. The van der Waals surface area contributed by atoms with Crippen LogP contribution >= 0.6 is 0 Å². The molecule has 0 amide bonds. The SMILES string of the molecule is C[C@@]1(O)[C@H](O)[C@@H](CO)O[C@@H](O)[C@@H]1O. The van der Waals surface area contributed by atoms with Crippen LogP contribution in [0, 0.1) is 0 Å². The smallest absolute Gasteiger partial charge is 0.184 e. The molecule has 1 rings (SSSR count). The summed E-state index contributed by atoms with van der Waals surface area (Å²) in [6.45, 7) is 0.623. The quantitative estimate of drug-likeness (QED) is 0.308. The van der Waals surface area contributed by atoms with Gasteiger partial charge in [0.2, 0.25) is 0 Å². The first-order valence-corrected chi connectivity index (χ1v) is 3.94. The van der Waals surface area contributed by atoms with E-state index in [0.717, 1.165) is 6.92 Å². The van der Waals surface area contributed by atoms with Crippen molar-refractivity contribution in [2.24, 2.45) is 0 Å². The van der Waals surface area contributed by atoms with Crippen molar-refractivity contribution in [1.29, 1.82) is 0 Å². The predicted molar refractivity (Wildman–Crippen MR) is 40.6 cm³/mol. The van der Waals surface area contributed by atoms with E-state index in [1.807, 2.05) is 0 Å². The third kappa shape index (κ3) is 1.69. The van der Waals surface area contributed by atoms with Gasteiger partial charge in [-0.2, -0.15) is 0 Å². The van der Waals surface area contributed by atoms with Crippen LogP contribution in [-0.4, -0.2) is 62.3 Å². The van der Waals surface area contributed by atoms with Crippen LogP contribution in [-0.2, 0) is 4.74 Å². The summed E-state index contributed by atoms with van der Waals surface area (Å²) in [4.78, 5) is 0. The molecule has 0 aliphatic carbocycles. The zero-order chi connectivity index (χ0) is 10.2. The molecule has 0 saturated carbocycles. The van der Waals surface area contributed by atoms with Gasteiger partial charge in [-0.15, -0.1) is 0 Å². The van der Waals surface area contributed by atoms with Crippen molar-refractivity contribution in [2.45, 2.75) is 37.1 Å². The fourth-order valence-corrected chi connectivity index (χ4v) is 1.31. The van der Waals surface area contributed by atoms with Crippen molar-refractivity contribution in [2.75, 3.05) is 6.61 Å². The molecule has 13 heavy (non-hydrogen) atoms. The Hall–Kier alpha value is -0.240. The molecular weight excluding hydrogens is 180 g/mol. The predicted octanol–water partition coefficient (Wildman–Crippen LogP) is -2.83. The van der Waals surface area contributed by atoms with Gasteiger partial charge in [-0.1, -0.05) is 0 Å². The van der Waals surface area contributed by atoms with Gasteiger partial charge in [0.05, 0.1) is 6.61 Å². The summed E-state index contributed by atoms with van der Waals surface area (Å²) in [5.41, 5.74) is -1.88. The molecule has 0 spiro atoms. The molecule has 1 saturated heterocycles. The van der Waals surface area contributed by atoms with Crippen LogP contribution in [0.5, 0.6) is 0 Å². The minimum atomic E-state index is -1.88. The zero-order valence-electron chi connectivity index (χ0n) is 7.16. The Bertz CT molecular complexity index is 182. The zero-order valence-corrected chi connectivity index (χ0v) is 7.16. The van der Waals surface area contributed by atoms with Crippen LogP contribution in [0.1, 0.15) is 6.92 Å². The lowest BCUT2D eigenvalue weighted by Crippen LogP contribution is -2.65. The molecule has 0 aromatic heterocycles. The Balaban J connectivity index is 2.82. The number of aliphatic hydroxyl groups excluding tert-OH is 4. The minimum Gasteiger partial charge on any atom is -0.394 e. The lowest BCUT2D eigenvalue weighted by molar-refractivity contribution is -0.316. The molecule has 5 atom stereocenters. The van der Waals surface area contributed by atoms with Crippen LogP contribution in [0.25, 0.3) is 0 Å². The molecule has 0 bridgehead atoms. The van der Waals surface area contributed by atoms with Gasteiger partial charge in [-0.3, -0.25) is 0 Å². The maximum Gasteiger partial charge on any atom is 0.184 e. The van der Waals surface area contributed by atoms with Crippen molar-refractivity contribution in [3.05, 3.63) is 0 Å². The van der Waals surface area contributed by atoms with E-state index in [9.17, 15) is 15.3 Å². The Labute approximate surface area is 75.0 Å². The van der Waals surface area contributed by atoms with Crippen LogP contribution < -0.4 is 0 Å². The van der Waals surface area contributed by atoms with E-state index in [1.54, 1.807) is 0 Å². The minimum absolute atomic E-state index is 0.541. The van der Waals surface area contributed by atoms with Gasteiger partial charge in [0.1, 0.15) is 23.9 Å². The second-order valence-electron chi connectivity index (χ2n) is 3.36. The molecule has 0 aromatic carbocycles. The normalized spacial score (nSPS) is 52.2. The van der Waals surface area contributed by atoms with E-state index in [4.69, 9.17) is 10.2 Å². The molecule has 0 radical (unpaired) electrons. The molecule has 1 aliphatic rings. The summed E-state index contributed by atoms with van der Waals surface area (Å²) in [6, 6.07) is 0. The highest BCUT2D eigenvalue weighted by atomic mass is 16.6. The highest BCUT2D eigenvalue weighted by Crippen LogP contribution is 2.28. The Kier molecular flexibility index (Phi) is 2.91. The van der Waals surface area contributed by atoms with Crippen molar-refractivity contribution < 1.29 is 30.3 Å². The van der Waals surface area contributed by atoms with Crippen LogP contribution in [0.3, 0.4) is 0 Å². The van der Waals surface area contributed by atoms with Crippen molar-refractivity contribution >= 4 is 0 Å². The summed E-state index contributed by atoms with van der Waals surface area (Å²) in [7, 11) is 0. The molecule has 5 N–H and O–H groups in total. The van der Waals surface area contributed by atoms with E-state index in [-0.39, 0.29) is 0 Å². The van der Waals surface area contributed by atoms with E-state index < -0.39 is 36.8 Å². The van der Waals surface area contributed by atoms with Crippen molar-refractivity contribution in [3.63, 3.8) is 0 Å². The number of aliphatic hydroxyl groups is 5. The van der Waals surface area contributed by atoms with E-state index in [2.05, 4.69) is 4.74 Å². The van der Waals surface area contributed by atoms with E-state index in [0.29, 0.717) is 0 Å². The Morgan fingerprint density at radius 3 is 2.23 bits per heavy atom. The van der Waals surface area contributed by atoms with Gasteiger partial charge in [0.25, 0.3) is 0 Å². The summed E-state index contributed by atoms with van der Waals surface area (Å²) in [5, 5.41) is 45.9. The highest BCUT2D eigenvalue weighted by molar-refractivity contribution is 4.98. The number of hydrogen-bond acceptors (Lipinski definition) is 6. The summed E-state index contributed by atoms with van der Waals surface area (Å²) >= 11 is 0. The monoisotopic (exact) mass is 194 g/mol. The van der Waals surface area contributed by atoms with Crippen molar-refractivity contribution in [1.82, 2.24) is 0 Å². The van der Waals surface area contributed by atoms with Gasteiger partial charge >= 0.3 is 0 Å².